The number of hydrogen-bond acceptors (Lipinski definition) is 3. The topological polar surface area (TPSA) is 53.6 Å². The van der Waals surface area contributed by atoms with Crippen LogP contribution in [0, 0.1) is 18.3 Å². The number of anilines is 1. The maximum absolute atomic E-state index is 8.90. The quantitative estimate of drug-likeness (QED) is 0.830. The molecule has 0 bridgehead atoms. The maximum atomic E-state index is 8.90. The van der Waals surface area contributed by atoms with Crippen LogP contribution >= 0.6 is 0 Å². The van der Waals surface area contributed by atoms with E-state index >= 15 is 0 Å². The fourth-order valence-electron chi connectivity index (χ4n) is 2.41. The molecule has 0 atom stereocenters. The Labute approximate surface area is 106 Å². The lowest BCUT2D eigenvalue weighted by Crippen LogP contribution is -2.17. The third-order valence-electron chi connectivity index (χ3n) is 3.32. The number of benzene rings is 1. The zero-order valence-corrected chi connectivity index (χ0v) is 10.3. The third kappa shape index (κ3) is 1.65. The van der Waals surface area contributed by atoms with Crippen molar-refractivity contribution in [2.75, 3.05) is 11.9 Å². The first-order chi connectivity index (χ1) is 8.79. The molecular formula is C14H14N4. The highest BCUT2D eigenvalue weighted by molar-refractivity contribution is 5.78. The Balaban J connectivity index is 2.10. The molecule has 1 N–H and O–H groups in total. The van der Waals surface area contributed by atoms with Gasteiger partial charge >= 0.3 is 0 Å². The molecule has 4 heteroatoms. The summed E-state index contributed by atoms with van der Waals surface area (Å²) in [6.45, 7) is 3.99. The zero-order chi connectivity index (χ0) is 12.5. The van der Waals surface area contributed by atoms with Crippen LogP contribution in [0.3, 0.4) is 0 Å². The fraction of sp³-hybridized carbons (Fsp3) is 0.286. The Morgan fingerprint density at radius 1 is 1.39 bits per heavy atom. The lowest BCUT2D eigenvalue weighted by Gasteiger charge is -2.17. The van der Waals surface area contributed by atoms with Gasteiger partial charge in [0.25, 0.3) is 0 Å². The molecule has 0 saturated carbocycles. The van der Waals surface area contributed by atoms with Crippen molar-refractivity contribution in [2.45, 2.75) is 19.9 Å². The third-order valence-corrected chi connectivity index (χ3v) is 3.32. The predicted octanol–water partition coefficient (Wildman–Crippen LogP) is 2.55. The minimum absolute atomic E-state index is 0.699. The van der Waals surface area contributed by atoms with Gasteiger partial charge in [-0.05, 0) is 36.6 Å². The van der Waals surface area contributed by atoms with E-state index in [4.69, 9.17) is 5.26 Å². The van der Waals surface area contributed by atoms with Crippen LogP contribution in [-0.4, -0.2) is 16.3 Å². The average Bonchev–Trinajstić information content (AvgIpc) is 2.82. The molecule has 1 aromatic heterocycles. The van der Waals surface area contributed by atoms with Crippen molar-refractivity contribution in [1.29, 1.82) is 5.26 Å². The van der Waals surface area contributed by atoms with Crippen LogP contribution in [0.1, 0.15) is 17.5 Å². The van der Waals surface area contributed by atoms with Crippen molar-refractivity contribution in [2.24, 2.45) is 0 Å². The molecule has 0 saturated heterocycles. The van der Waals surface area contributed by atoms with Crippen LogP contribution in [0.5, 0.6) is 0 Å². The molecule has 4 nitrogen and oxygen atoms in total. The normalized spacial score (nSPS) is 13.6. The maximum Gasteiger partial charge on any atom is 0.132 e. The van der Waals surface area contributed by atoms with E-state index in [2.05, 4.69) is 16.5 Å². The second kappa shape index (κ2) is 4.19. The molecule has 2 heterocycles. The van der Waals surface area contributed by atoms with Gasteiger partial charge < -0.3 is 5.32 Å². The van der Waals surface area contributed by atoms with Gasteiger partial charge in [0, 0.05) is 18.7 Å². The summed E-state index contributed by atoms with van der Waals surface area (Å²) in [6.07, 6.45) is 3.02. The SMILES string of the molecule is Cc1cc(C#N)ccc1-c1cnn2c1NCCC2. The summed E-state index contributed by atoms with van der Waals surface area (Å²) in [5.41, 5.74) is 4.07. The number of hydrogen-bond donors (Lipinski definition) is 1. The summed E-state index contributed by atoms with van der Waals surface area (Å²) in [6, 6.07) is 7.94. The van der Waals surface area contributed by atoms with E-state index in [9.17, 15) is 0 Å². The Kier molecular flexibility index (Phi) is 2.52. The van der Waals surface area contributed by atoms with E-state index in [-0.39, 0.29) is 0 Å². The molecule has 0 fully saturated rings. The van der Waals surface area contributed by atoms with Gasteiger partial charge in [0.2, 0.25) is 0 Å². The van der Waals surface area contributed by atoms with E-state index < -0.39 is 0 Å². The Bertz CT molecular complexity index is 634. The van der Waals surface area contributed by atoms with Gasteiger partial charge in [-0.1, -0.05) is 6.07 Å². The summed E-state index contributed by atoms with van der Waals surface area (Å²) in [7, 11) is 0. The molecule has 0 unspecified atom stereocenters. The van der Waals surface area contributed by atoms with Gasteiger partial charge in [-0.3, -0.25) is 0 Å². The summed E-state index contributed by atoms with van der Waals surface area (Å²) in [4.78, 5) is 0. The number of nitrogens with one attached hydrogen (secondary N) is 1. The van der Waals surface area contributed by atoms with E-state index in [0.29, 0.717) is 5.56 Å². The molecule has 1 aliphatic rings. The number of nitriles is 1. The van der Waals surface area contributed by atoms with E-state index in [0.717, 1.165) is 42.0 Å². The molecule has 0 spiro atoms. The van der Waals surface area contributed by atoms with Crippen LogP contribution in [0.15, 0.2) is 24.4 Å². The van der Waals surface area contributed by atoms with Crippen molar-refractivity contribution in [3.63, 3.8) is 0 Å². The Hall–Kier alpha value is -2.28. The molecular weight excluding hydrogens is 224 g/mol. The van der Waals surface area contributed by atoms with E-state index in [1.807, 2.05) is 36.0 Å². The molecule has 90 valence electrons. The van der Waals surface area contributed by atoms with Gasteiger partial charge in [-0.15, -0.1) is 0 Å². The largest absolute Gasteiger partial charge is 0.370 e. The van der Waals surface area contributed by atoms with Gasteiger partial charge in [-0.2, -0.15) is 10.4 Å². The molecule has 1 aliphatic heterocycles. The summed E-state index contributed by atoms with van der Waals surface area (Å²) in [5, 5.41) is 16.7. The molecule has 18 heavy (non-hydrogen) atoms. The van der Waals surface area contributed by atoms with Gasteiger partial charge in [0.05, 0.1) is 17.8 Å². The number of aryl methyl sites for hydroxylation is 2. The van der Waals surface area contributed by atoms with Crippen LogP contribution in [-0.2, 0) is 6.54 Å². The lowest BCUT2D eigenvalue weighted by atomic mass is 10.0. The highest BCUT2D eigenvalue weighted by Crippen LogP contribution is 2.32. The Morgan fingerprint density at radius 2 is 2.28 bits per heavy atom. The highest BCUT2D eigenvalue weighted by Gasteiger charge is 2.16. The van der Waals surface area contributed by atoms with Crippen molar-refractivity contribution in [3.8, 4) is 17.2 Å². The number of aromatic nitrogens is 2. The standard InChI is InChI=1S/C14H14N4/c1-10-7-11(8-15)3-4-12(10)13-9-17-18-6-2-5-16-14(13)18/h3-4,7,9,16H,2,5-6H2,1H3. The molecule has 3 rings (SSSR count). The minimum atomic E-state index is 0.699. The smallest absolute Gasteiger partial charge is 0.132 e. The molecule has 0 aliphatic carbocycles. The van der Waals surface area contributed by atoms with Crippen LogP contribution in [0.2, 0.25) is 0 Å². The van der Waals surface area contributed by atoms with Crippen molar-refractivity contribution in [1.82, 2.24) is 9.78 Å². The second-order valence-corrected chi connectivity index (χ2v) is 4.55. The first kappa shape index (κ1) is 10.8. The van der Waals surface area contributed by atoms with Crippen LogP contribution < -0.4 is 5.32 Å². The highest BCUT2D eigenvalue weighted by atomic mass is 15.3. The molecule has 2 aromatic rings. The predicted molar refractivity (Wildman–Crippen MR) is 70.2 cm³/mol. The fourth-order valence-corrected chi connectivity index (χ4v) is 2.41. The van der Waals surface area contributed by atoms with Crippen molar-refractivity contribution >= 4 is 5.82 Å². The summed E-state index contributed by atoms with van der Waals surface area (Å²) < 4.78 is 2.01. The van der Waals surface area contributed by atoms with Crippen molar-refractivity contribution < 1.29 is 0 Å². The Morgan fingerprint density at radius 3 is 3.06 bits per heavy atom. The summed E-state index contributed by atoms with van der Waals surface area (Å²) >= 11 is 0. The summed E-state index contributed by atoms with van der Waals surface area (Å²) in [5.74, 6) is 1.09. The molecule has 0 amide bonds. The van der Waals surface area contributed by atoms with Crippen molar-refractivity contribution in [3.05, 3.63) is 35.5 Å². The second-order valence-electron chi connectivity index (χ2n) is 4.55. The van der Waals surface area contributed by atoms with Gasteiger partial charge in [0.15, 0.2) is 0 Å². The van der Waals surface area contributed by atoms with Gasteiger partial charge in [-0.25, -0.2) is 4.68 Å². The van der Waals surface area contributed by atoms with Gasteiger partial charge in [0.1, 0.15) is 5.82 Å². The number of rotatable bonds is 1. The van der Waals surface area contributed by atoms with Crippen LogP contribution in [0.4, 0.5) is 5.82 Å². The van der Waals surface area contributed by atoms with Crippen LogP contribution in [0.25, 0.3) is 11.1 Å². The molecule has 0 radical (unpaired) electrons. The monoisotopic (exact) mass is 238 g/mol. The number of nitrogens with zero attached hydrogens (tertiary/aromatic N) is 3. The molecule has 1 aromatic carbocycles. The first-order valence-corrected chi connectivity index (χ1v) is 6.10. The lowest BCUT2D eigenvalue weighted by molar-refractivity contribution is 0.568. The minimum Gasteiger partial charge on any atom is -0.370 e. The van der Waals surface area contributed by atoms with E-state index in [1.54, 1.807) is 0 Å². The zero-order valence-electron chi connectivity index (χ0n) is 10.3. The average molecular weight is 238 g/mol. The number of fused-ring (bicyclic) bond motifs is 1. The first-order valence-electron chi connectivity index (χ1n) is 6.10. The van der Waals surface area contributed by atoms with E-state index in [1.165, 1.54) is 0 Å².